The SMILES string of the molecule is CCCN1CCc2cc(C)cc3c2[C@H]1Cc1ccc(O)c(O)c1-3.CCCN1CCc2cc(F)cc3c2[C@H]1Cc1ccc(O)c(O)c1-3. The Kier molecular flexibility index (Phi) is 7.94. The third kappa shape index (κ3) is 5.01. The first-order valence-corrected chi connectivity index (χ1v) is 16.7. The molecule has 2 heterocycles. The quantitative estimate of drug-likeness (QED) is 0.175. The monoisotopic (exact) mass is 622 g/mol. The van der Waals surface area contributed by atoms with Crippen molar-refractivity contribution in [2.75, 3.05) is 26.2 Å². The second-order valence-corrected chi connectivity index (χ2v) is 13.4. The van der Waals surface area contributed by atoms with Crippen LogP contribution < -0.4 is 0 Å². The van der Waals surface area contributed by atoms with Crippen molar-refractivity contribution < 1.29 is 24.8 Å². The summed E-state index contributed by atoms with van der Waals surface area (Å²) in [6.45, 7) is 10.7. The Hall–Kier alpha value is -4.07. The van der Waals surface area contributed by atoms with Crippen molar-refractivity contribution in [3.8, 4) is 45.3 Å². The van der Waals surface area contributed by atoms with Gasteiger partial charge in [0.1, 0.15) is 5.82 Å². The summed E-state index contributed by atoms with van der Waals surface area (Å²) in [7, 11) is 0. The van der Waals surface area contributed by atoms with Crippen LogP contribution in [0.15, 0.2) is 48.5 Å². The largest absolute Gasteiger partial charge is 0.504 e. The van der Waals surface area contributed by atoms with Crippen LogP contribution in [0.1, 0.15) is 77.7 Å². The van der Waals surface area contributed by atoms with E-state index in [2.05, 4.69) is 42.7 Å². The Morgan fingerprint density at radius 2 is 1.13 bits per heavy atom. The Bertz CT molecular complexity index is 1700. The van der Waals surface area contributed by atoms with Gasteiger partial charge in [-0.1, -0.05) is 43.7 Å². The maximum absolute atomic E-state index is 14.1. The lowest BCUT2D eigenvalue weighted by molar-refractivity contribution is 0.182. The molecule has 0 amide bonds. The van der Waals surface area contributed by atoms with Crippen LogP contribution in [0.3, 0.4) is 0 Å². The number of halogens is 1. The third-order valence-electron chi connectivity index (χ3n) is 10.4. The summed E-state index contributed by atoms with van der Waals surface area (Å²) in [5, 5.41) is 40.6. The van der Waals surface area contributed by atoms with E-state index in [1.165, 1.54) is 28.8 Å². The van der Waals surface area contributed by atoms with Crippen LogP contribution in [0.2, 0.25) is 0 Å². The first-order valence-electron chi connectivity index (χ1n) is 16.7. The van der Waals surface area contributed by atoms with E-state index in [-0.39, 0.29) is 34.9 Å². The van der Waals surface area contributed by atoms with Crippen LogP contribution in [0.4, 0.5) is 4.39 Å². The molecule has 4 N–H and O–H groups in total. The lowest BCUT2D eigenvalue weighted by atomic mass is 9.76. The summed E-state index contributed by atoms with van der Waals surface area (Å²) in [5.41, 5.74) is 11.5. The summed E-state index contributed by atoms with van der Waals surface area (Å²) in [6.07, 6.45) is 5.82. The summed E-state index contributed by atoms with van der Waals surface area (Å²) < 4.78 is 14.1. The lowest BCUT2D eigenvalue weighted by Crippen LogP contribution is -2.39. The van der Waals surface area contributed by atoms with Gasteiger partial charge in [-0.15, -0.1) is 0 Å². The minimum absolute atomic E-state index is 0.0290. The van der Waals surface area contributed by atoms with Crippen LogP contribution >= 0.6 is 0 Å². The number of benzene rings is 4. The Morgan fingerprint density at radius 1 is 0.652 bits per heavy atom. The molecule has 0 radical (unpaired) electrons. The number of aromatic hydroxyl groups is 4. The van der Waals surface area contributed by atoms with Crippen molar-refractivity contribution in [2.45, 2.75) is 71.4 Å². The molecule has 4 aliphatic rings. The molecule has 6 nitrogen and oxygen atoms in total. The number of phenolic OH excluding ortho intramolecular Hbond substituents is 4. The number of hydrogen-bond acceptors (Lipinski definition) is 6. The molecule has 0 unspecified atom stereocenters. The van der Waals surface area contributed by atoms with Gasteiger partial charge in [0.2, 0.25) is 0 Å². The van der Waals surface area contributed by atoms with Crippen molar-refractivity contribution in [3.63, 3.8) is 0 Å². The van der Waals surface area contributed by atoms with E-state index in [1.54, 1.807) is 12.1 Å². The van der Waals surface area contributed by atoms with E-state index in [0.29, 0.717) is 11.6 Å². The highest BCUT2D eigenvalue weighted by Crippen LogP contribution is 2.52. The number of rotatable bonds is 4. The molecule has 0 bridgehead atoms. The summed E-state index contributed by atoms with van der Waals surface area (Å²) in [4.78, 5) is 5.03. The molecule has 2 aliphatic heterocycles. The Balaban J connectivity index is 0.000000147. The van der Waals surface area contributed by atoms with E-state index in [4.69, 9.17) is 0 Å². The second kappa shape index (κ2) is 11.9. The molecule has 46 heavy (non-hydrogen) atoms. The van der Waals surface area contributed by atoms with Crippen LogP contribution in [0.25, 0.3) is 22.3 Å². The van der Waals surface area contributed by atoms with Crippen molar-refractivity contribution in [1.29, 1.82) is 0 Å². The average molecular weight is 623 g/mol. The summed E-state index contributed by atoms with van der Waals surface area (Å²) in [6, 6.07) is 15.1. The highest BCUT2D eigenvalue weighted by molar-refractivity contribution is 5.83. The van der Waals surface area contributed by atoms with Gasteiger partial charge in [-0.3, -0.25) is 9.80 Å². The molecule has 0 fully saturated rings. The summed E-state index contributed by atoms with van der Waals surface area (Å²) >= 11 is 0. The van der Waals surface area contributed by atoms with Gasteiger partial charge in [0, 0.05) is 36.3 Å². The van der Waals surface area contributed by atoms with Gasteiger partial charge in [0.25, 0.3) is 0 Å². The van der Waals surface area contributed by atoms with E-state index in [0.717, 1.165) is 104 Å². The average Bonchev–Trinajstić information content (AvgIpc) is 3.03. The molecule has 2 aliphatic carbocycles. The zero-order valence-corrected chi connectivity index (χ0v) is 26.9. The normalized spacial score (nSPS) is 19.3. The van der Waals surface area contributed by atoms with Gasteiger partial charge >= 0.3 is 0 Å². The van der Waals surface area contributed by atoms with Gasteiger partial charge in [0.15, 0.2) is 23.0 Å². The van der Waals surface area contributed by atoms with Gasteiger partial charge in [0.05, 0.1) is 0 Å². The van der Waals surface area contributed by atoms with E-state index in [9.17, 15) is 24.8 Å². The van der Waals surface area contributed by atoms with Crippen LogP contribution in [0.5, 0.6) is 23.0 Å². The fourth-order valence-electron chi connectivity index (χ4n) is 8.54. The van der Waals surface area contributed by atoms with Gasteiger partial charge in [-0.05, 0) is 127 Å². The Labute approximate surface area is 270 Å². The van der Waals surface area contributed by atoms with Crippen molar-refractivity contribution in [3.05, 3.63) is 93.3 Å². The summed E-state index contributed by atoms with van der Waals surface area (Å²) in [5.74, 6) is -0.570. The molecule has 0 saturated carbocycles. The van der Waals surface area contributed by atoms with Crippen molar-refractivity contribution in [1.82, 2.24) is 9.80 Å². The first-order chi connectivity index (χ1) is 22.2. The molecule has 0 aromatic heterocycles. The first kappa shape index (κ1) is 30.6. The third-order valence-corrected chi connectivity index (χ3v) is 10.4. The molecular formula is C39H43FN2O4. The molecule has 0 saturated heterocycles. The van der Waals surface area contributed by atoms with Gasteiger partial charge < -0.3 is 20.4 Å². The van der Waals surface area contributed by atoms with Crippen LogP contribution in [-0.4, -0.2) is 56.4 Å². The molecule has 0 spiro atoms. The predicted molar refractivity (Wildman–Crippen MR) is 179 cm³/mol. The number of aryl methyl sites for hydroxylation is 1. The van der Waals surface area contributed by atoms with E-state index >= 15 is 0 Å². The predicted octanol–water partition coefficient (Wildman–Crippen LogP) is 7.71. The standard InChI is InChI=1S/C20H23NO2.C19H20FNO2/c1-3-7-21-8-6-14-9-12(2)10-15-18(14)16(21)11-13-4-5-17(22)20(23)19(13)15;1-2-6-21-7-5-12-8-13(20)10-14-17(12)15(21)9-11-3-4-16(22)19(23)18(11)14/h4-5,9-10,16,22-23H,3,6-8,11H2,1-2H3;3-4,8,10,15,22-23H,2,5-7,9H2,1H3/t16-;15-/m11/s1. The highest BCUT2D eigenvalue weighted by atomic mass is 19.1. The fraction of sp³-hybridized carbons (Fsp3) is 0.385. The number of phenols is 4. The lowest BCUT2D eigenvalue weighted by Gasteiger charge is -2.42. The maximum atomic E-state index is 14.1. The molecule has 7 heteroatoms. The maximum Gasteiger partial charge on any atom is 0.165 e. The molecule has 2 atom stereocenters. The van der Waals surface area contributed by atoms with Crippen LogP contribution in [0, 0.1) is 12.7 Å². The smallest absolute Gasteiger partial charge is 0.165 e. The Morgan fingerprint density at radius 3 is 1.63 bits per heavy atom. The number of nitrogens with zero attached hydrogens (tertiary/aromatic N) is 2. The molecule has 4 aromatic rings. The molecule has 240 valence electrons. The number of fused-ring (bicyclic) bond motifs is 4. The number of hydrogen-bond donors (Lipinski definition) is 4. The zero-order chi connectivity index (χ0) is 32.3. The molecular weight excluding hydrogens is 579 g/mol. The highest BCUT2D eigenvalue weighted by Gasteiger charge is 2.37. The van der Waals surface area contributed by atoms with Crippen LogP contribution in [-0.2, 0) is 25.7 Å². The second-order valence-electron chi connectivity index (χ2n) is 13.4. The molecule has 8 rings (SSSR count). The topological polar surface area (TPSA) is 87.4 Å². The van der Waals surface area contributed by atoms with Crippen molar-refractivity contribution in [2.24, 2.45) is 0 Å². The molecule has 4 aromatic carbocycles. The van der Waals surface area contributed by atoms with E-state index in [1.807, 2.05) is 12.1 Å². The van der Waals surface area contributed by atoms with Gasteiger partial charge in [-0.2, -0.15) is 0 Å². The van der Waals surface area contributed by atoms with E-state index < -0.39 is 0 Å². The fourth-order valence-corrected chi connectivity index (χ4v) is 8.54. The zero-order valence-electron chi connectivity index (χ0n) is 26.9. The van der Waals surface area contributed by atoms with Gasteiger partial charge in [-0.25, -0.2) is 4.39 Å². The minimum Gasteiger partial charge on any atom is -0.504 e. The minimum atomic E-state index is -0.281. The van der Waals surface area contributed by atoms with Crippen molar-refractivity contribution >= 4 is 0 Å².